The largest absolute Gasteiger partial charge is 0.452 e. The molecule has 0 fully saturated rings. The molecule has 0 spiro atoms. The van der Waals surface area contributed by atoms with Gasteiger partial charge in [-0.3, -0.25) is 9.59 Å². The molecule has 0 aliphatic carbocycles. The van der Waals surface area contributed by atoms with Crippen LogP contribution in [0.5, 0.6) is 0 Å². The van der Waals surface area contributed by atoms with Crippen LogP contribution >= 0.6 is 22.9 Å². The summed E-state index contributed by atoms with van der Waals surface area (Å²) in [6, 6.07) is 16.7. The molecule has 1 heterocycles. The number of ether oxygens (including phenoxy) is 1. The SMILES string of the molecule is O=C(COC(=O)c1ccccc1C(=O)c1ccc(Cl)cc1)NCCc1cccs1. The molecule has 3 rings (SSSR count). The number of hydrogen-bond donors (Lipinski definition) is 1. The quantitative estimate of drug-likeness (QED) is 0.433. The van der Waals surface area contributed by atoms with Crippen LogP contribution in [-0.4, -0.2) is 30.8 Å². The Morgan fingerprint density at radius 2 is 1.66 bits per heavy atom. The van der Waals surface area contributed by atoms with Crippen molar-refractivity contribution in [2.24, 2.45) is 0 Å². The molecule has 0 saturated carbocycles. The molecular formula is C22H18ClNO4S. The predicted molar refractivity (Wildman–Crippen MR) is 113 cm³/mol. The van der Waals surface area contributed by atoms with E-state index >= 15 is 0 Å². The fourth-order valence-corrected chi connectivity index (χ4v) is 3.49. The number of carbonyl (C=O) groups is 3. The van der Waals surface area contributed by atoms with E-state index in [9.17, 15) is 14.4 Å². The minimum absolute atomic E-state index is 0.110. The van der Waals surface area contributed by atoms with Crippen LogP contribution in [0.3, 0.4) is 0 Å². The predicted octanol–water partition coefficient (Wildman–Crippen LogP) is 4.15. The van der Waals surface area contributed by atoms with E-state index in [2.05, 4.69) is 5.32 Å². The van der Waals surface area contributed by atoms with Crippen LogP contribution in [0.1, 0.15) is 31.2 Å². The molecule has 2 aromatic carbocycles. The second kappa shape index (κ2) is 10.0. The van der Waals surface area contributed by atoms with Crippen LogP contribution in [0.2, 0.25) is 5.02 Å². The first-order chi connectivity index (χ1) is 14.0. The standard InChI is InChI=1S/C22H18ClNO4S/c23-16-9-7-15(8-10-16)21(26)18-5-1-2-6-19(18)22(27)28-14-20(25)24-12-11-17-4-3-13-29-17/h1-10,13H,11-12,14H2,(H,24,25). The number of rotatable bonds is 8. The summed E-state index contributed by atoms with van der Waals surface area (Å²) in [7, 11) is 0. The number of benzene rings is 2. The van der Waals surface area contributed by atoms with Gasteiger partial charge < -0.3 is 10.1 Å². The zero-order chi connectivity index (χ0) is 20.6. The monoisotopic (exact) mass is 427 g/mol. The Balaban J connectivity index is 1.58. The van der Waals surface area contributed by atoms with Gasteiger partial charge >= 0.3 is 5.97 Å². The normalized spacial score (nSPS) is 10.4. The molecule has 1 amide bonds. The molecule has 7 heteroatoms. The molecule has 0 bridgehead atoms. The lowest BCUT2D eigenvalue weighted by atomic mass is 9.98. The van der Waals surface area contributed by atoms with Gasteiger partial charge in [0, 0.05) is 27.6 Å². The van der Waals surface area contributed by atoms with Gasteiger partial charge in [-0.15, -0.1) is 11.3 Å². The Morgan fingerprint density at radius 3 is 2.34 bits per heavy atom. The molecule has 3 aromatic rings. The van der Waals surface area contributed by atoms with E-state index < -0.39 is 18.5 Å². The van der Waals surface area contributed by atoms with E-state index in [-0.39, 0.29) is 16.9 Å². The van der Waals surface area contributed by atoms with Gasteiger partial charge in [0.15, 0.2) is 12.4 Å². The van der Waals surface area contributed by atoms with E-state index in [1.165, 1.54) is 6.07 Å². The van der Waals surface area contributed by atoms with E-state index in [0.717, 1.165) is 11.3 Å². The minimum atomic E-state index is -0.726. The van der Waals surface area contributed by atoms with Crippen LogP contribution < -0.4 is 5.32 Å². The van der Waals surface area contributed by atoms with Gasteiger partial charge in [-0.1, -0.05) is 35.9 Å². The number of esters is 1. The topological polar surface area (TPSA) is 72.5 Å². The van der Waals surface area contributed by atoms with E-state index in [1.807, 2.05) is 17.5 Å². The molecule has 0 atom stereocenters. The van der Waals surface area contributed by atoms with Gasteiger partial charge in [0.05, 0.1) is 5.56 Å². The van der Waals surface area contributed by atoms with Crippen molar-refractivity contribution in [1.29, 1.82) is 0 Å². The first-order valence-electron chi connectivity index (χ1n) is 8.90. The third-order valence-corrected chi connectivity index (χ3v) is 5.29. The molecule has 5 nitrogen and oxygen atoms in total. The average Bonchev–Trinajstić information content (AvgIpc) is 3.25. The lowest BCUT2D eigenvalue weighted by Crippen LogP contribution is -2.30. The highest BCUT2D eigenvalue weighted by Crippen LogP contribution is 2.18. The number of carbonyl (C=O) groups excluding carboxylic acids is 3. The molecule has 0 radical (unpaired) electrons. The van der Waals surface area contributed by atoms with E-state index in [1.54, 1.807) is 53.8 Å². The van der Waals surface area contributed by atoms with Gasteiger partial charge in [0.1, 0.15) is 0 Å². The molecule has 29 heavy (non-hydrogen) atoms. The molecular weight excluding hydrogens is 410 g/mol. The third-order valence-electron chi connectivity index (χ3n) is 4.11. The highest BCUT2D eigenvalue weighted by molar-refractivity contribution is 7.09. The Kier molecular flexibility index (Phi) is 7.16. The Bertz CT molecular complexity index is 1000. The third kappa shape index (κ3) is 5.76. The second-order valence-corrected chi connectivity index (χ2v) is 7.61. The summed E-state index contributed by atoms with van der Waals surface area (Å²) in [5.41, 5.74) is 0.720. The highest BCUT2D eigenvalue weighted by atomic mass is 35.5. The van der Waals surface area contributed by atoms with Gasteiger partial charge in [0.25, 0.3) is 5.91 Å². The van der Waals surface area contributed by atoms with Crippen molar-refractivity contribution >= 4 is 40.6 Å². The zero-order valence-corrected chi connectivity index (χ0v) is 17.0. The summed E-state index contributed by atoms with van der Waals surface area (Å²) in [5.74, 6) is -1.44. The van der Waals surface area contributed by atoms with Crippen molar-refractivity contribution in [1.82, 2.24) is 5.32 Å². The molecule has 0 unspecified atom stereocenters. The number of hydrogen-bond acceptors (Lipinski definition) is 5. The smallest absolute Gasteiger partial charge is 0.339 e. The fourth-order valence-electron chi connectivity index (χ4n) is 2.66. The Morgan fingerprint density at radius 1 is 0.931 bits per heavy atom. The first-order valence-corrected chi connectivity index (χ1v) is 10.2. The van der Waals surface area contributed by atoms with Crippen LogP contribution in [-0.2, 0) is 16.0 Å². The lowest BCUT2D eigenvalue weighted by molar-refractivity contribution is -0.124. The first kappa shape index (κ1) is 20.8. The van der Waals surface area contributed by atoms with Crippen molar-refractivity contribution in [3.63, 3.8) is 0 Å². The van der Waals surface area contributed by atoms with Gasteiger partial charge in [-0.2, -0.15) is 0 Å². The molecule has 0 saturated heterocycles. The molecule has 0 aliphatic rings. The number of nitrogens with one attached hydrogen (secondary N) is 1. The van der Waals surface area contributed by atoms with Crippen LogP contribution in [0.25, 0.3) is 0 Å². The molecule has 1 aromatic heterocycles. The summed E-state index contributed by atoms with van der Waals surface area (Å²) in [4.78, 5) is 38.3. The number of ketones is 1. The molecule has 1 N–H and O–H groups in total. The maximum absolute atomic E-state index is 12.7. The van der Waals surface area contributed by atoms with Gasteiger partial charge in [-0.25, -0.2) is 4.79 Å². The maximum Gasteiger partial charge on any atom is 0.339 e. The van der Waals surface area contributed by atoms with Crippen molar-refractivity contribution < 1.29 is 19.1 Å². The maximum atomic E-state index is 12.7. The minimum Gasteiger partial charge on any atom is -0.452 e. The van der Waals surface area contributed by atoms with Crippen molar-refractivity contribution in [2.45, 2.75) is 6.42 Å². The van der Waals surface area contributed by atoms with Crippen molar-refractivity contribution in [2.75, 3.05) is 13.2 Å². The van der Waals surface area contributed by atoms with Crippen LogP contribution in [0, 0.1) is 0 Å². The summed E-state index contributed by atoms with van der Waals surface area (Å²) in [6.45, 7) is 0.0509. The number of halogens is 1. The Labute approximate surface area is 177 Å². The summed E-state index contributed by atoms with van der Waals surface area (Å²) in [5, 5.41) is 5.19. The Hall–Kier alpha value is -2.96. The molecule has 0 aliphatic heterocycles. The van der Waals surface area contributed by atoms with Crippen LogP contribution in [0.15, 0.2) is 66.0 Å². The lowest BCUT2D eigenvalue weighted by Gasteiger charge is -2.09. The van der Waals surface area contributed by atoms with E-state index in [0.29, 0.717) is 17.1 Å². The molecule has 148 valence electrons. The average molecular weight is 428 g/mol. The number of amides is 1. The van der Waals surface area contributed by atoms with Gasteiger partial charge in [-0.05, 0) is 48.2 Å². The second-order valence-electron chi connectivity index (χ2n) is 6.14. The zero-order valence-electron chi connectivity index (χ0n) is 15.4. The van der Waals surface area contributed by atoms with Gasteiger partial charge in [0.2, 0.25) is 0 Å². The fraction of sp³-hybridized carbons (Fsp3) is 0.136. The van der Waals surface area contributed by atoms with Crippen molar-refractivity contribution in [3.8, 4) is 0 Å². The summed E-state index contributed by atoms with van der Waals surface area (Å²) >= 11 is 7.47. The summed E-state index contributed by atoms with van der Waals surface area (Å²) in [6.07, 6.45) is 0.718. The van der Waals surface area contributed by atoms with Crippen molar-refractivity contribution in [3.05, 3.63) is 92.6 Å². The summed E-state index contributed by atoms with van der Waals surface area (Å²) < 4.78 is 5.10. The van der Waals surface area contributed by atoms with Crippen LogP contribution in [0.4, 0.5) is 0 Å². The highest BCUT2D eigenvalue weighted by Gasteiger charge is 2.19. The number of thiophene rings is 1. The van der Waals surface area contributed by atoms with E-state index in [4.69, 9.17) is 16.3 Å².